The molecule has 2 heterocycles. The lowest BCUT2D eigenvalue weighted by Crippen LogP contribution is -2.50. The highest BCUT2D eigenvalue weighted by atomic mass is 16.5. The van der Waals surface area contributed by atoms with Crippen LogP contribution in [0.25, 0.3) is 0 Å². The molecule has 1 aromatic heterocycles. The predicted octanol–water partition coefficient (Wildman–Crippen LogP) is 2.11. The van der Waals surface area contributed by atoms with Crippen molar-refractivity contribution in [2.45, 2.75) is 53.1 Å². The summed E-state index contributed by atoms with van der Waals surface area (Å²) in [5.41, 5.74) is 0.635. The first-order valence-corrected chi connectivity index (χ1v) is 7.30. The average molecular weight is 279 g/mol. The highest BCUT2D eigenvalue weighted by molar-refractivity contribution is 5.81. The second-order valence-electron chi connectivity index (χ2n) is 6.73. The number of carbonyl (C=O) groups is 1. The van der Waals surface area contributed by atoms with Crippen molar-refractivity contribution in [1.29, 1.82) is 0 Å². The number of likely N-dealkylation sites (tertiary alicyclic amines) is 1. The number of aryl methyl sites for hydroxylation is 1. The first-order chi connectivity index (χ1) is 9.34. The Kier molecular flexibility index (Phi) is 4.48. The van der Waals surface area contributed by atoms with Gasteiger partial charge < -0.3 is 9.84 Å². The maximum absolute atomic E-state index is 12.0. The molecule has 1 aliphatic heterocycles. The average Bonchev–Trinajstić information content (AvgIpc) is 2.74. The monoisotopic (exact) mass is 279 g/mol. The van der Waals surface area contributed by atoms with Crippen molar-refractivity contribution in [1.82, 2.24) is 15.4 Å². The van der Waals surface area contributed by atoms with E-state index in [0.29, 0.717) is 0 Å². The lowest BCUT2D eigenvalue weighted by atomic mass is 9.94. The van der Waals surface area contributed by atoms with Gasteiger partial charge >= 0.3 is 0 Å². The van der Waals surface area contributed by atoms with Crippen LogP contribution in [-0.4, -0.2) is 35.1 Å². The molecule has 1 amide bonds. The number of nitrogens with zero attached hydrogens (tertiary/aromatic N) is 2. The number of hydrogen-bond donors (Lipinski definition) is 1. The molecule has 0 saturated carbocycles. The second kappa shape index (κ2) is 5.95. The minimum Gasteiger partial charge on any atom is -0.361 e. The number of hydrogen-bond acceptors (Lipinski definition) is 4. The van der Waals surface area contributed by atoms with Gasteiger partial charge in [0.25, 0.3) is 0 Å². The first kappa shape index (κ1) is 15.0. The molecule has 0 radical (unpaired) electrons. The lowest BCUT2D eigenvalue weighted by Gasteiger charge is -2.34. The van der Waals surface area contributed by atoms with E-state index in [-0.39, 0.29) is 17.4 Å². The van der Waals surface area contributed by atoms with Crippen LogP contribution in [0.2, 0.25) is 0 Å². The van der Waals surface area contributed by atoms with E-state index in [0.717, 1.165) is 43.9 Å². The smallest absolute Gasteiger partial charge is 0.225 e. The van der Waals surface area contributed by atoms with Gasteiger partial charge in [-0.1, -0.05) is 25.9 Å². The molecule has 112 valence electrons. The van der Waals surface area contributed by atoms with Gasteiger partial charge in [-0.25, -0.2) is 0 Å². The quantitative estimate of drug-likeness (QED) is 0.920. The Labute approximate surface area is 120 Å². The summed E-state index contributed by atoms with van der Waals surface area (Å²) in [5.74, 6) is 0.969. The molecule has 1 aliphatic rings. The number of piperidine rings is 1. The summed E-state index contributed by atoms with van der Waals surface area (Å²) in [5, 5.41) is 7.19. The molecule has 2 rings (SSSR count). The highest BCUT2D eigenvalue weighted by Crippen LogP contribution is 2.17. The van der Waals surface area contributed by atoms with Crippen LogP contribution in [-0.2, 0) is 11.3 Å². The zero-order valence-electron chi connectivity index (χ0n) is 12.9. The summed E-state index contributed by atoms with van der Waals surface area (Å²) in [6.07, 6.45) is 2.15. The van der Waals surface area contributed by atoms with Gasteiger partial charge in [0.1, 0.15) is 5.76 Å². The fourth-order valence-corrected chi connectivity index (χ4v) is 2.44. The molecular formula is C15H25N3O2. The van der Waals surface area contributed by atoms with Crippen molar-refractivity contribution in [2.24, 2.45) is 5.41 Å². The van der Waals surface area contributed by atoms with Gasteiger partial charge in [0, 0.05) is 30.6 Å². The maximum atomic E-state index is 12.0. The molecule has 0 spiro atoms. The number of rotatable bonds is 3. The normalized spacial score (nSPS) is 20.9. The van der Waals surface area contributed by atoms with Gasteiger partial charge in [0.05, 0.1) is 5.69 Å². The van der Waals surface area contributed by atoms with E-state index in [9.17, 15) is 4.79 Å². The van der Waals surface area contributed by atoms with Gasteiger partial charge in [-0.05, 0) is 26.3 Å². The SMILES string of the molecule is Cc1cc(CN2CCCC(NC(=O)C(C)(C)C)C2)no1. The van der Waals surface area contributed by atoms with Crippen molar-refractivity contribution >= 4 is 5.91 Å². The molecule has 1 aromatic rings. The predicted molar refractivity (Wildman–Crippen MR) is 77.1 cm³/mol. The van der Waals surface area contributed by atoms with Crippen LogP contribution in [0.5, 0.6) is 0 Å². The minimum absolute atomic E-state index is 0.127. The standard InChI is InChI=1S/C15H25N3O2/c1-11-8-13(17-20-11)10-18-7-5-6-12(9-18)16-14(19)15(2,3)4/h8,12H,5-7,9-10H2,1-4H3,(H,16,19). The molecule has 1 atom stereocenters. The molecule has 0 aromatic carbocycles. The van der Waals surface area contributed by atoms with E-state index >= 15 is 0 Å². The van der Waals surface area contributed by atoms with Gasteiger partial charge in [0.2, 0.25) is 5.91 Å². The summed E-state index contributed by atoms with van der Waals surface area (Å²) in [7, 11) is 0. The van der Waals surface area contributed by atoms with E-state index in [1.807, 2.05) is 33.8 Å². The Morgan fingerprint density at radius 2 is 2.30 bits per heavy atom. The van der Waals surface area contributed by atoms with E-state index in [4.69, 9.17) is 4.52 Å². The molecule has 0 bridgehead atoms. The molecule has 0 aliphatic carbocycles. The molecule has 1 fully saturated rings. The van der Waals surface area contributed by atoms with Crippen LogP contribution in [0.4, 0.5) is 0 Å². The third-order valence-electron chi connectivity index (χ3n) is 3.58. The Balaban J connectivity index is 1.87. The van der Waals surface area contributed by atoms with Crippen LogP contribution >= 0.6 is 0 Å². The zero-order chi connectivity index (χ0) is 14.8. The zero-order valence-corrected chi connectivity index (χ0v) is 12.9. The van der Waals surface area contributed by atoms with Crippen molar-refractivity contribution in [3.63, 3.8) is 0 Å². The molecule has 20 heavy (non-hydrogen) atoms. The lowest BCUT2D eigenvalue weighted by molar-refractivity contribution is -0.129. The van der Waals surface area contributed by atoms with Crippen LogP contribution in [0.3, 0.4) is 0 Å². The summed E-state index contributed by atoms with van der Waals surface area (Å²) < 4.78 is 5.10. The Hall–Kier alpha value is -1.36. The summed E-state index contributed by atoms with van der Waals surface area (Å²) in [6.45, 7) is 10.5. The summed E-state index contributed by atoms with van der Waals surface area (Å²) in [6, 6.07) is 2.21. The number of aromatic nitrogens is 1. The fraction of sp³-hybridized carbons (Fsp3) is 0.733. The van der Waals surface area contributed by atoms with Crippen LogP contribution in [0.1, 0.15) is 45.1 Å². The molecule has 1 N–H and O–H groups in total. The maximum Gasteiger partial charge on any atom is 0.225 e. The molecule has 5 nitrogen and oxygen atoms in total. The van der Waals surface area contributed by atoms with Crippen molar-refractivity contribution < 1.29 is 9.32 Å². The minimum atomic E-state index is -0.328. The third kappa shape index (κ3) is 4.07. The van der Waals surface area contributed by atoms with E-state index in [1.165, 1.54) is 0 Å². The largest absolute Gasteiger partial charge is 0.361 e. The molecular weight excluding hydrogens is 254 g/mol. The van der Waals surface area contributed by atoms with Crippen LogP contribution in [0.15, 0.2) is 10.6 Å². The van der Waals surface area contributed by atoms with Crippen molar-refractivity contribution in [3.05, 3.63) is 17.5 Å². The van der Waals surface area contributed by atoms with Crippen molar-refractivity contribution in [2.75, 3.05) is 13.1 Å². The molecule has 1 unspecified atom stereocenters. The van der Waals surface area contributed by atoms with E-state index in [1.54, 1.807) is 0 Å². The van der Waals surface area contributed by atoms with Crippen molar-refractivity contribution in [3.8, 4) is 0 Å². The van der Waals surface area contributed by atoms with Gasteiger partial charge in [-0.2, -0.15) is 0 Å². The third-order valence-corrected chi connectivity index (χ3v) is 3.58. The molecule has 5 heteroatoms. The van der Waals surface area contributed by atoms with Crippen LogP contribution in [0, 0.1) is 12.3 Å². The van der Waals surface area contributed by atoms with E-state index < -0.39 is 0 Å². The van der Waals surface area contributed by atoms with Gasteiger partial charge in [-0.15, -0.1) is 0 Å². The topological polar surface area (TPSA) is 58.4 Å². The highest BCUT2D eigenvalue weighted by Gasteiger charge is 2.27. The number of nitrogens with one attached hydrogen (secondary N) is 1. The van der Waals surface area contributed by atoms with E-state index in [2.05, 4.69) is 15.4 Å². The second-order valence-corrected chi connectivity index (χ2v) is 6.73. The Morgan fingerprint density at radius 3 is 2.90 bits per heavy atom. The number of carbonyl (C=O) groups excluding carboxylic acids is 1. The fourth-order valence-electron chi connectivity index (χ4n) is 2.44. The van der Waals surface area contributed by atoms with Crippen LogP contribution < -0.4 is 5.32 Å². The molecule has 1 saturated heterocycles. The summed E-state index contributed by atoms with van der Waals surface area (Å²) in [4.78, 5) is 14.4. The first-order valence-electron chi connectivity index (χ1n) is 7.30. The Bertz CT molecular complexity index is 462. The Morgan fingerprint density at radius 1 is 1.55 bits per heavy atom. The van der Waals surface area contributed by atoms with Gasteiger partial charge in [-0.3, -0.25) is 9.69 Å². The van der Waals surface area contributed by atoms with Gasteiger partial charge in [0.15, 0.2) is 0 Å². The number of amides is 1. The summed E-state index contributed by atoms with van der Waals surface area (Å²) >= 11 is 0.